The maximum atomic E-state index is 12.9. The van der Waals surface area contributed by atoms with Crippen LogP contribution in [-0.4, -0.2) is 52.7 Å². The van der Waals surface area contributed by atoms with E-state index in [1.807, 2.05) is 31.2 Å². The van der Waals surface area contributed by atoms with E-state index in [0.29, 0.717) is 24.3 Å². The van der Waals surface area contributed by atoms with E-state index in [-0.39, 0.29) is 30.1 Å². The van der Waals surface area contributed by atoms with Crippen molar-refractivity contribution in [3.05, 3.63) is 70.7 Å². The molecule has 2 N–H and O–H groups in total. The number of hydrogen-bond donors (Lipinski definition) is 2. The molecule has 0 radical (unpaired) electrons. The molecule has 1 aromatic heterocycles. The van der Waals surface area contributed by atoms with Gasteiger partial charge >= 0.3 is 12.1 Å². The first-order valence-electron chi connectivity index (χ1n) is 11.5. The second kappa shape index (κ2) is 9.14. The summed E-state index contributed by atoms with van der Waals surface area (Å²) in [7, 11) is 0. The van der Waals surface area contributed by atoms with Crippen molar-refractivity contribution in [3.63, 3.8) is 0 Å². The molecule has 5 rings (SSSR count). The topological polar surface area (TPSA) is 109 Å². The van der Waals surface area contributed by atoms with Crippen LogP contribution >= 0.6 is 11.3 Å². The molecule has 1 aliphatic carbocycles. The zero-order chi connectivity index (χ0) is 24.6. The van der Waals surface area contributed by atoms with Crippen molar-refractivity contribution in [2.24, 2.45) is 5.41 Å². The summed E-state index contributed by atoms with van der Waals surface area (Å²) in [5, 5.41) is 12.4. The van der Waals surface area contributed by atoms with Gasteiger partial charge in [0.15, 0.2) is 5.13 Å². The molecule has 1 fully saturated rings. The molecule has 9 heteroatoms. The van der Waals surface area contributed by atoms with E-state index in [1.54, 1.807) is 4.90 Å². The van der Waals surface area contributed by atoms with E-state index in [0.717, 1.165) is 33.6 Å². The fourth-order valence-corrected chi connectivity index (χ4v) is 5.74. The lowest BCUT2D eigenvalue weighted by Gasteiger charge is -2.22. The minimum absolute atomic E-state index is 0.0511. The quantitative estimate of drug-likeness (QED) is 0.511. The average molecular weight is 492 g/mol. The third-order valence-corrected chi connectivity index (χ3v) is 7.94. The number of hydrogen-bond acceptors (Lipinski definition) is 6. The Bertz CT molecular complexity index is 1260. The molecule has 180 valence electrons. The molecule has 0 bridgehead atoms. The molecular weight excluding hydrogens is 466 g/mol. The predicted molar refractivity (Wildman–Crippen MR) is 132 cm³/mol. The Morgan fingerprint density at radius 3 is 2.40 bits per heavy atom. The summed E-state index contributed by atoms with van der Waals surface area (Å²) >= 11 is 1.05. The number of carbonyl (C=O) groups is 3. The highest BCUT2D eigenvalue weighted by atomic mass is 32.1. The summed E-state index contributed by atoms with van der Waals surface area (Å²) in [4.78, 5) is 43.1. The Morgan fingerprint density at radius 1 is 1.14 bits per heavy atom. The number of amides is 2. The summed E-state index contributed by atoms with van der Waals surface area (Å²) in [5.41, 5.74) is 3.65. The van der Waals surface area contributed by atoms with Gasteiger partial charge in [0.2, 0.25) is 0 Å². The molecule has 0 spiro atoms. The Hall–Kier alpha value is -3.72. The predicted octanol–water partition coefficient (Wildman–Crippen LogP) is 4.83. The second-order valence-corrected chi connectivity index (χ2v) is 9.93. The highest BCUT2D eigenvalue weighted by molar-refractivity contribution is 7.17. The Morgan fingerprint density at radius 2 is 1.80 bits per heavy atom. The van der Waals surface area contributed by atoms with Gasteiger partial charge in [0.1, 0.15) is 11.5 Å². The number of carboxylic acids is 1. The molecule has 2 aliphatic rings. The molecule has 1 saturated heterocycles. The molecule has 2 amide bonds. The fourth-order valence-electron chi connectivity index (χ4n) is 4.97. The number of nitrogens with one attached hydrogen (secondary N) is 1. The number of aromatic nitrogens is 1. The molecule has 2 heterocycles. The number of nitrogens with zero attached hydrogens (tertiary/aromatic N) is 2. The molecular formula is C26H25N3O5S. The number of benzene rings is 2. The van der Waals surface area contributed by atoms with Crippen LogP contribution in [0, 0.1) is 5.41 Å². The first-order valence-corrected chi connectivity index (χ1v) is 12.3. The van der Waals surface area contributed by atoms with Gasteiger partial charge in [0.05, 0.1) is 11.6 Å². The number of rotatable bonds is 6. The van der Waals surface area contributed by atoms with Crippen LogP contribution in [0.25, 0.3) is 11.1 Å². The monoisotopic (exact) mass is 491 g/mol. The van der Waals surface area contributed by atoms with Gasteiger partial charge in [-0.3, -0.25) is 14.9 Å². The van der Waals surface area contributed by atoms with Crippen molar-refractivity contribution < 1.29 is 24.2 Å². The van der Waals surface area contributed by atoms with E-state index < -0.39 is 17.5 Å². The smallest absolute Gasteiger partial charge is 0.413 e. The van der Waals surface area contributed by atoms with Crippen molar-refractivity contribution in [1.82, 2.24) is 9.88 Å². The molecule has 35 heavy (non-hydrogen) atoms. The third kappa shape index (κ3) is 4.16. The maximum Gasteiger partial charge on any atom is 0.413 e. The summed E-state index contributed by atoms with van der Waals surface area (Å²) in [6.07, 6.45) is 1.65. The Kier molecular flexibility index (Phi) is 6.02. The van der Waals surface area contributed by atoms with E-state index in [2.05, 4.69) is 34.6 Å². The first-order chi connectivity index (χ1) is 16.9. The molecule has 1 atom stereocenters. The van der Waals surface area contributed by atoms with Crippen LogP contribution in [0.2, 0.25) is 0 Å². The van der Waals surface area contributed by atoms with Crippen LogP contribution in [-0.2, 0) is 9.53 Å². The molecule has 8 nitrogen and oxygen atoms in total. The minimum Gasteiger partial charge on any atom is -0.481 e. The number of carbonyl (C=O) groups excluding carboxylic acids is 2. The van der Waals surface area contributed by atoms with E-state index in [1.165, 1.54) is 6.20 Å². The van der Waals surface area contributed by atoms with Gasteiger partial charge in [-0.05, 0) is 35.1 Å². The Labute approximate surface area is 206 Å². The van der Waals surface area contributed by atoms with Crippen LogP contribution in [0.5, 0.6) is 0 Å². The SMILES string of the molecule is CCC1(C(=O)O)CCN(C(=O)c2cnc(NC(=O)OCC3c4ccccc4-c4ccccc43)s2)C1. The van der Waals surface area contributed by atoms with Crippen molar-refractivity contribution in [2.75, 3.05) is 25.0 Å². The van der Waals surface area contributed by atoms with E-state index in [4.69, 9.17) is 4.74 Å². The summed E-state index contributed by atoms with van der Waals surface area (Å²) < 4.78 is 5.54. The van der Waals surface area contributed by atoms with Gasteiger partial charge in [0.25, 0.3) is 5.91 Å². The van der Waals surface area contributed by atoms with Crippen LogP contribution in [0.1, 0.15) is 46.5 Å². The maximum absolute atomic E-state index is 12.9. The van der Waals surface area contributed by atoms with Gasteiger partial charge in [-0.15, -0.1) is 0 Å². The fraction of sp³-hybridized carbons (Fsp3) is 0.308. The van der Waals surface area contributed by atoms with Gasteiger partial charge < -0.3 is 14.7 Å². The lowest BCUT2D eigenvalue weighted by Crippen LogP contribution is -2.36. The van der Waals surface area contributed by atoms with Crippen LogP contribution in [0.15, 0.2) is 54.7 Å². The first kappa shape index (κ1) is 23.0. The minimum atomic E-state index is -0.900. The van der Waals surface area contributed by atoms with Crippen LogP contribution in [0.4, 0.5) is 9.93 Å². The summed E-state index contributed by atoms with van der Waals surface area (Å²) in [6, 6.07) is 16.2. The lowest BCUT2D eigenvalue weighted by atomic mass is 9.84. The Balaban J connectivity index is 1.21. The average Bonchev–Trinajstić information content (AvgIpc) is 3.59. The summed E-state index contributed by atoms with van der Waals surface area (Å²) in [5.74, 6) is -1.21. The van der Waals surface area contributed by atoms with Gasteiger partial charge in [-0.2, -0.15) is 0 Å². The van der Waals surface area contributed by atoms with Crippen LogP contribution in [0.3, 0.4) is 0 Å². The van der Waals surface area contributed by atoms with Crippen LogP contribution < -0.4 is 5.32 Å². The van der Waals surface area contributed by atoms with Crippen molar-refractivity contribution in [3.8, 4) is 11.1 Å². The van der Waals surface area contributed by atoms with Crippen molar-refractivity contribution >= 4 is 34.4 Å². The number of likely N-dealkylation sites (tertiary alicyclic amines) is 1. The second-order valence-electron chi connectivity index (χ2n) is 8.90. The van der Waals surface area contributed by atoms with Gasteiger partial charge in [-0.1, -0.05) is 66.8 Å². The van der Waals surface area contributed by atoms with Gasteiger partial charge in [0, 0.05) is 19.0 Å². The number of ether oxygens (including phenoxy) is 1. The normalized spacial score (nSPS) is 18.7. The van der Waals surface area contributed by atoms with Crippen molar-refractivity contribution in [1.29, 1.82) is 0 Å². The zero-order valence-electron chi connectivity index (χ0n) is 19.2. The molecule has 0 saturated carbocycles. The number of thiazole rings is 1. The largest absolute Gasteiger partial charge is 0.481 e. The highest BCUT2D eigenvalue weighted by Gasteiger charge is 2.45. The highest BCUT2D eigenvalue weighted by Crippen LogP contribution is 2.44. The van der Waals surface area contributed by atoms with Gasteiger partial charge in [-0.25, -0.2) is 9.78 Å². The zero-order valence-corrected chi connectivity index (χ0v) is 20.0. The lowest BCUT2D eigenvalue weighted by molar-refractivity contribution is -0.148. The standard InChI is InChI=1S/C26H25N3O5S/c1-2-26(23(31)32)11-12-29(15-26)22(30)21-13-27-24(35-21)28-25(33)34-14-20-18-9-5-3-7-16(18)17-8-4-6-10-19(17)20/h3-10,13,20H,2,11-12,14-15H2,1H3,(H,31,32)(H,27,28,33). The van der Waals surface area contributed by atoms with E-state index in [9.17, 15) is 19.5 Å². The number of aliphatic carboxylic acids is 1. The molecule has 2 aromatic carbocycles. The number of carboxylic acid groups (broad SMARTS) is 1. The summed E-state index contributed by atoms with van der Waals surface area (Å²) in [6.45, 7) is 2.56. The van der Waals surface area contributed by atoms with Crippen molar-refractivity contribution in [2.45, 2.75) is 25.7 Å². The number of fused-ring (bicyclic) bond motifs is 3. The molecule has 3 aromatic rings. The number of anilines is 1. The molecule has 1 aliphatic heterocycles. The molecule has 1 unspecified atom stereocenters. The van der Waals surface area contributed by atoms with E-state index >= 15 is 0 Å². The third-order valence-electron chi connectivity index (χ3n) is 7.04.